The molecule has 0 bridgehead atoms. The van der Waals surface area contributed by atoms with Gasteiger partial charge in [-0.3, -0.25) is 4.79 Å². The number of ether oxygens (including phenoxy) is 2. The van der Waals surface area contributed by atoms with Crippen LogP contribution in [0.15, 0.2) is 0 Å². The van der Waals surface area contributed by atoms with Crippen LogP contribution in [0.4, 0.5) is 0 Å². The SMILES string of the molecule is CC(C)(C)CCOCCOCCCC(=O)CCC(C)(C)C. The van der Waals surface area contributed by atoms with Crippen LogP contribution in [0.25, 0.3) is 0 Å². The summed E-state index contributed by atoms with van der Waals surface area (Å²) < 4.78 is 11.0. The summed E-state index contributed by atoms with van der Waals surface area (Å²) in [5.74, 6) is 0.356. The lowest BCUT2D eigenvalue weighted by Gasteiger charge is -2.17. The van der Waals surface area contributed by atoms with Crippen LogP contribution in [-0.4, -0.2) is 32.2 Å². The lowest BCUT2D eigenvalue weighted by molar-refractivity contribution is -0.119. The molecule has 0 aromatic carbocycles. The highest BCUT2D eigenvalue weighted by Crippen LogP contribution is 2.21. The van der Waals surface area contributed by atoms with Crippen molar-refractivity contribution in [3.8, 4) is 0 Å². The van der Waals surface area contributed by atoms with Crippen molar-refractivity contribution in [2.24, 2.45) is 10.8 Å². The van der Waals surface area contributed by atoms with Gasteiger partial charge in [0.15, 0.2) is 0 Å². The van der Waals surface area contributed by atoms with Crippen LogP contribution >= 0.6 is 0 Å². The van der Waals surface area contributed by atoms with Crippen LogP contribution in [-0.2, 0) is 14.3 Å². The molecule has 0 radical (unpaired) electrons. The van der Waals surface area contributed by atoms with E-state index in [9.17, 15) is 4.79 Å². The molecule has 0 rings (SSSR count). The fourth-order valence-electron chi connectivity index (χ4n) is 1.71. The number of Topliss-reactive ketones (excluding diaryl/α,β-unsaturated/α-hetero) is 1. The molecular weight excluding hydrogens is 264 g/mol. The van der Waals surface area contributed by atoms with Crippen LogP contribution in [0.5, 0.6) is 0 Å². The second kappa shape index (κ2) is 10.3. The van der Waals surface area contributed by atoms with E-state index in [1.165, 1.54) is 0 Å². The van der Waals surface area contributed by atoms with E-state index in [-0.39, 0.29) is 5.41 Å². The minimum atomic E-state index is 0.247. The van der Waals surface area contributed by atoms with Gasteiger partial charge in [-0.05, 0) is 30.1 Å². The van der Waals surface area contributed by atoms with Gasteiger partial charge < -0.3 is 9.47 Å². The molecule has 0 unspecified atom stereocenters. The minimum Gasteiger partial charge on any atom is -0.379 e. The molecule has 0 atom stereocenters. The number of carbonyl (C=O) groups excluding carboxylic acids is 1. The Morgan fingerprint density at radius 1 is 0.714 bits per heavy atom. The molecule has 3 nitrogen and oxygen atoms in total. The number of hydrogen-bond acceptors (Lipinski definition) is 3. The fraction of sp³-hybridized carbons (Fsp3) is 0.944. The van der Waals surface area contributed by atoms with Crippen molar-refractivity contribution in [2.45, 2.75) is 73.6 Å². The third-order valence-electron chi connectivity index (χ3n) is 3.27. The van der Waals surface area contributed by atoms with E-state index in [0.717, 1.165) is 25.9 Å². The van der Waals surface area contributed by atoms with E-state index in [0.29, 0.717) is 43.9 Å². The zero-order chi connectivity index (χ0) is 16.4. The minimum absolute atomic E-state index is 0.247. The highest BCUT2D eigenvalue weighted by Gasteiger charge is 2.12. The summed E-state index contributed by atoms with van der Waals surface area (Å²) in [6, 6.07) is 0. The molecule has 0 aliphatic heterocycles. The van der Waals surface area contributed by atoms with Gasteiger partial charge in [-0.2, -0.15) is 0 Å². The van der Waals surface area contributed by atoms with Crippen molar-refractivity contribution < 1.29 is 14.3 Å². The van der Waals surface area contributed by atoms with Crippen molar-refractivity contribution in [3.63, 3.8) is 0 Å². The Hall–Kier alpha value is -0.410. The first-order valence-electron chi connectivity index (χ1n) is 8.27. The molecule has 0 aromatic heterocycles. The smallest absolute Gasteiger partial charge is 0.133 e. The van der Waals surface area contributed by atoms with Gasteiger partial charge >= 0.3 is 0 Å². The highest BCUT2D eigenvalue weighted by molar-refractivity contribution is 5.78. The van der Waals surface area contributed by atoms with Crippen molar-refractivity contribution in [2.75, 3.05) is 26.4 Å². The molecule has 0 aliphatic carbocycles. The number of hydrogen-bond donors (Lipinski definition) is 0. The highest BCUT2D eigenvalue weighted by atomic mass is 16.5. The molecule has 0 N–H and O–H groups in total. The summed E-state index contributed by atoms with van der Waals surface area (Å²) in [5, 5.41) is 0. The topological polar surface area (TPSA) is 35.5 Å². The lowest BCUT2D eigenvalue weighted by atomic mass is 9.89. The summed E-state index contributed by atoms with van der Waals surface area (Å²) in [6.45, 7) is 15.9. The van der Waals surface area contributed by atoms with Crippen LogP contribution < -0.4 is 0 Å². The predicted molar refractivity (Wildman–Crippen MR) is 88.6 cm³/mol. The van der Waals surface area contributed by atoms with Crippen molar-refractivity contribution in [3.05, 3.63) is 0 Å². The van der Waals surface area contributed by atoms with E-state index in [4.69, 9.17) is 9.47 Å². The monoisotopic (exact) mass is 300 g/mol. The standard InChI is InChI=1S/C18H36O3/c1-17(2,3)10-9-16(19)8-7-12-20-14-15-21-13-11-18(4,5)6/h7-15H2,1-6H3. The summed E-state index contributed by atoms with van der Waals surface area (Å²) in [6.07, 6.45) is 4.19. The Morgan fingerprint density at radius 2 is 1.24 bits per heavy atom. The maximum absolute atomic E-state index is 11.7. The Labute approximate surface area is 131 Å². The van der Waals surface area contributed by atoms with Gasteiger partial charge in [0.25, 0.3) is 0 Å². The van der Waals surface area contributed by atoms with Crippen molar-refractivity contribution in [1.82, 2.24) is 0 Å². The number of rotatable bonds is 11. The Bertz CT molecular complexity index is 271. The Morgan fingerprint density at radius 3 is 1.76 bits per heavy atom. The normalized spacial score (nSPS) is 12.7. The maximum Gasteiger partial charge on any atom is 0.133 e. The van der Waals surface area contributed by atoms with Crippen LogP contribution in [0, 0.1) is 10.8 Å². The van der Waals surface area contributed by atoms with Gasteiger partial charge in [0, 0.05) is 26.1 Å². The zero-order valence-corrected chi connectivity index (χ0v) is 15.1. The van der Waals surface area contributed by atoms with Crippen LogP contribution in [0.3, 0.4) is 0 Å². The Balaban J connectivity index is 3.31. The third kappa shape index (κ3) is 17.5. The van der Waals surface area contributed by atoms with Crippen LogP contribution in [0.2, 0.25) is 0 Å². The summed E-state index contributed by atoms with van der Waals surface area (Å²) in [7, 11) is 0. The van der Waals surface area contributed by atoms with E-state index in [1.807, 2.05) is 0 Å². The average molecular weight is 300 g/mol. The molecular formula is C18H36O3. The van der Waals surface area contributed by atoms with E-state index in [1.54, 1.807) is 0 Å². The van der Waals surface area contributed by atoms with Gasteiger partial charge in [-0.15, -0.1) is 0 Å². The molecule has 0 aromatic rings. The molecule has 0 fully saturated rings. The second-order valence-electron chi connectivity index (χ2n) is 8.24. The molecule has 0 amide bonds. The lowest BCUT2D eigenvalue weighted by Crippen LogP contribution is -2.12. The third-order valence-corrected chi connectivity index (χ3v) is 3.27. The van der Waals surface area contributed by atoms with E-state index in [2.05, 4.69) is 41.5 Å². The second-order valence-corrected chi connectivity index (χ2v) is 8.24. The summed E-state index contributed by atoms with van der Waals surface area (Å²) in [5.41, 5.74) is 0.574. The first kappa shape index (κ1) is 20.6. The van der Waals surface area contributed by atoms with Crippen molar-refractivity contribution in [1.29, 1.82) is 0 Å². The largest absolute Gasteiger partial charge is 0.379 e. The summed E-state index contributed by atoms with van der Waals surface area (Å²) >= 11 is 0. The fourth-order valence-corrected chi connectivity index (χ4v) is 1.71. The van der Waals surface area contributed by atoms with Gasteiger partial charge in [0.2, 0.25) is 0 Å². The first-order valence-corrected chi connectivity index (χ1v) is 8.27. The number of carbonyl (C=O) groups is 1. The van der Waals surface area contributed by atoms with Gasteiger partial charge in [-0.1, -0.05) is 41.5 Å². The molecule has 0 saturated heterocycles. The van der Waals surface area contributed by atoms with E-state index < -0.39 is 0 Å². The maximum atomic E-state index is 11.7. The predicted octanol–water partition coefficient (Wildman–Crippen LogP) is 4.63. The molecule has 0 saturated carbocycles. The van der Waals surface area contributed by atoms with Gasteiger partial charge in [-0.25, -0.2) is 0 Å². The van der Waals surface area contributed by atoms with Crippen LogP contribution in [0.1, 0.15) is 73.6 Å². The Kier molecular flexibility index (Phi) is 10.1. The zero-order valence-electron chi connectivity index (χ0n) is 15.1. The number of ketones is 1. The molecule has 0 heterocycles. The van der Waals surface area contributed by atoms with Gasteiger partial charge in [0.1, 0.15) is 5.78 Å². The van der Waals surface area contributed by atoms with E-state index >= 15 is 0 Å². The first-order chi connectivity index (χ1) is 9.60. The molecule has 0 spiro atoms. The molecule has 0 aliphatic rings. The molecule has 3 heteroatoms. The average Bonchev–Trinajstić information content (AvgIpc) is 2.32. The molecule has 21 heavy (non-hydrogen) atoms. The van der Waals surface area contributed by atoms with Crippen molar-refractivity contribution >= 4 is 5.78 Å². The quantitative estimate of drug-likeness (QED) is 0.522. The summed E-state index contributed by atoms with van der Waals surface area (Å²) in [4.78, 5) is 11.7. The molecule has 126 valence electrons. The van der Waals surface area contributed by atoms with Gasteiger partial charge in [0.05, 0.1) is 13.2 Å².